The van der Waals surface area contributed by atoms with Gasteiger partial charge < -0.3 is 10.1 Å². The van der Waals surface area contributed by atoms with Gasteiger partial charge in [0.15, 0.2) is 11.0 Å². The van der Waals surface area contributed by atoms with Gasteiger partial charge in [-0.05, 0) is 36.2 Å². The second-order valence-electron chi connectivity index (χ2n) is 8.12. The lowest BCUT2D eigenvalue weighted by Crippen LogP contribution is -2.26. The van der Waals surface area contributed by atoms with Crippen LogP contribution in [0.1, 0.15) is 21.1 Å². The Hall–Kier alpha value is -3.95. The molecule has 0 aliphatic heterocycles. The summed E-state index contributed by atoms with van der Waals surface area (Å²) in [5.41, 5.74) is 3.50. The largest absolute Gasteiger partial charge is 0.497 e. The van der Waals surface area contributed by atoms with Crippen LogP contribution in [-0.4, -0.2) is 39.3 Å². The maximum Gasteiger partial charge on any atom is 0.270 e. The Bertz CT molecular complexity index is 1470. The van der Waals surface area contributed by atoms with Crippen LogP contribution in [0.3, 0.4) is 0 Å². The first kappa shape index (κ1) is 24.7. The highest BCUT2D eigenvalue weighted by Gasteiger charge is 2.18. The van der Waals surface area contributed by atoms with Crippen LogP contribution in [0.25, 0.3) is 17.1 Å². The first-order valence-corrected chi connectivity index (χ1v) is 13.6. The van der Waals surface area contributed by atoms with Gasteiger partial charge in [-0.1, -0.05) is 72.4 Å². The highest BCUT2D eigenvalue weighted by atomic mass is 32.2. The topological polar surface area (TPSA) is 81.9 Å². The van der Waals surface area contributed by atoms with Gasteiger partial charge in [0.1, 0.15) is 16.5 Å². The minimum atomic E-state index is -0.156. The molecule has 0 fully saturated rings. The number of hydrogen-bond donors (Lipinski definition) is 1. The van der Waals surface area contributed by atoms with Crippen molar-refractivity contribution in [3.05, 3.63) is 107 Å². The van der Waals surface area contributed by atoms with E-state index in [4.69, 9.17) is 4.74 Å². The molecule has 5 aromatic rings. The molecule has 37 heavy (non-hydrogen) atoms. The molecule has 0 saturated heterocycles. The van der Waals surface area contributed by atoms with E-state index in [-0.39, 0.29) is 5.91 Å². The average molecular weight is 528 g/mol. The van der Waals surface area contributed by atoms with Crippen LogP contribution in [0, 0.1) is 0 Å². The number of benzene rings is 3. The Morgan fingerprint density at radius 1 is 1.00 bits per heavy atom. The summed E-state index contributed by atoms with van der Waals surface area (Å²) in [4.78, 5) is 17.1. The van der Waals surface area contributed by atoms with Crippen molar-refractivity contribution in [2.75, 3.05) is 13.7 Å². The monoisotopic (exact) mass is 527 g/mol. The van der Waals surface area contributed by atoms with E-state index < -0.39 is 0 Å². The molecule has 186 valence electrons. The van der Waals surface area contributed by atoms with Gasteiger partial charge in [-0.3, -0.25) is 9.36 Å². The molecular formula is C28H25N5O2S2. The van der Waals surface area contributed by atoms with Gasteiger partial charge >= 0.3 is 0 Å². The molecule has 0 atom stereocenters. The number of aromatic nitrogens is 4. The Kier molecular flexibility index (Phi) is 7.93. The number of carbonyl (C=O) groups excluding carboxylic acids is 1. The molecule has 0 bridgehead atoms. The van der Waals surface area contributed by atoms with Gasteiger partial charge in [0, 0.05) is 23.2 Å². The van der Waals surface area contributed by atoms with E-state index in [0.29, 0.717) is 18.0 Å². The molecular weight excluding hydrogens is 502 g/mol. The van der Waals surface area contributed by atoms with Crippen molar-refractivity contribution in [1.29, 1.82) is 0 Å². The van der Waals surface area contributed by atoms with Gasteiger partial charge in [-0.2, -0.15) is 0 Å². The van der Waals surface area contributed by atoms with Gasteiger partial charge in [-0.25, -0.2) is 4.98 Å². The van der Waals surface area contributed by atoms with E-state index in [1.54, 1.807) is 12.5 Å². The van der Waals surface area contributed by atoms with E-state index >= 15 is 0 Å². The molecule has 7 nitrogen and oxygen atoms in total. The molecule has 0 saturated carbocycles. The van der Waals surface area contributed by atoms with E-state index in [9.17, 15) is 4.79 Å². The molecule has 2 aromatic heterocycles. The van der Waals surface area contributed by atoms with Crippen molar-refractivity contribution in [3.8, 4) is 22.8 Å². The summed E-state index contributed by atoms with van der Waals surface area (Å²) in [6.07, 6.45) is 0.782. The number of nitrogens with zero attached hydrogens (tertiary/aromatic N) is 4. The van der Waals surface area contributed by atoms with Crippen LogP contribution in [0.5, 0.6) is 5.75 Å². The summed E-state index contributed by atoms with van der Waals surface area (Å²) in [5.74, 6) is 1.90. The second-order valence-corrected chi connectivity index (χ2v) is 10.0. The SMILES string of the molecule is COc1cccc(-c2nnc(SCc3nc(C(=O)NCCc4ccccc4)cs3)n2-c2ccccc2)c1. The predicted octanol–water partition coefficient (Wildman–Crippen LogP) is 5.66. The van der Waals surface area contributed by atoms with Crippen LogP contribution < -0.4 is 10.1 Å². The lowest BCUT2D eigenvalue weighted by atomic mass is 10.1. The zero-order valence-corrected chi connectivity index (χ0v) is 21.8. The van der Waals surface area contributed by atoms with Crippen molar-refractivity contribution in [1.82, 2.24) is 25.1 Å². The smallest absolute Gasteiger partial charge is 0.270 e. The Balaban J connectivity index is 1.29. The van der Waals surface area contributed by atoms with Crippen molar-refractivity contribution in [2.45, 2.75) is 17.3 Å². The fourth-order valence-corrected chi connectivity index (χ4v) is 5.53. The number of rotatable bonds is 10. The molecule has 0 radical (unpaired) electrons. The van der Waals surface area contributed by atoms with Crippen molar-refractivity contribution in [3.63, 3.8) is 0 Å². The third-order valence-corrected chi connectivity index (χ3v) is 7.60. The summed E-state index contributed by atoms with van der Waals surface area (Å²) in [5, 5.41) is 15.3. The fraction of sp³-hybridized carbons (Fsp3) is 0.143. The maximum atomic E-state index is 12.6. The van der Waals surface area contributed by atoms with Gasteiger partial charge in [-0.15, -0.1) is 21.5 Å². The molecule has 0 spiro atoms. The number of carbonyl (C=O) groups is 1. The van der Waals surface area contributed by atoms with Gasteiger partial charge in [0.25, 0.3) is 5.91 Å². The fourth-order valence-electron chi connectivity index (χ4n) is 3.79. The Morgan fingerprint density at radius 3 is 2.57 bits per heavy atom. The van der Waals surface area contributed by atoms with E-state index in [0.717, 1.165) is 39.4 Å². The second kappa shape index (κ2) is 11.9. The van der Waals surface area contributed by atoms with Crippen molar-refractivity contribution in [2.24, 2.45) is 0 Å². The summed E-state index contributed by atoms with van der Waals surface area (Å²) in [7, 11) is 1.65. The molecule has 9 heteroatoms. The van der Waals surface area contributed by atoms with Crippen LogP contribution >= 0.6 is 23.1 Å². The molecule has 3 aromatic carbocycles. The van der Waals surface area contributed by atoms with E-state index in [1.807, 2.05) is 77.4 Å². The summed E-state index contributed by atoms with van der Waals surface area (Å²) < 4.78 is 7.43. The number of para-hydroxylation sites is 1. The van der Waals surface area contributed by atoms with Gasteiger partial charge in [0.2, 0.25) is 0 Å². The van der Waals surface area contributed by atoms with Gasteiger partial charge in [0.05, 0.1) is 12.9 Å². The molecule has 1 amide bonds. The minimum Gasteiger partial charge on any atom is -0.497 e. The number of hydrogen-bond acceptors (Lipinski definition) is 7. The highest BCUT2D eigenvalue weighted by Crippen LogP contribution is 2.31. The third-order valence-electron chi connectivity index (χ3n) is 5.63. The lowest BCUT2D eigenvalue weighted by Gasteiger charge is -2.10. The van der Waals surface area contributed by atoms with E-state index in [1.165, 1.54) is 28.7 Å². The summed E-state index contributed by atoms with van der Waals surface area (Å²) >= 11 is 3.00. The Labute approximate surface area is 223 Å². The average Bonchev–Trinajstić information content (AvgIpc) is 3.60. The molecule has 0 aliphatic rings. The standard InChI is InChI=1S/C28H25N5O2S2/c1-35-23-14-8-11-21(17-23)26-31-32-28(33(26)22-12-6-3-7-13-22)37-19-25-30-24(18-36-25)27(34)29-16-15-20-9-4-2-5-10-20/h2-14,17-18H,15-16,19H2,1H3,(H,29,34). The van der Waals surface area contributed by atoms with Crippen LogP contribution in [-0.2, 0) is 12.2 Å². The molecule has 2 heterocycles. The highest BCUT2D eigenvalue weighted by molar-refractivity contribution is 7.98. The third kappa shape index (κ3) is 6.07. The number of methoxy groups -OCH3 is 1. The number of ether oxygens (including phenoxy) is 1. The minimum absolute atomic E-state index is 0.156. The quantitative estimate of drug-likeness (QED) is 0.236. The van der Waals surface area contributed by atoms with Crippen LogP contribution in [0.2, 0.25) is 0 Å². The number of amides is 1. The first-order valence-electron chi connectivity index (χ1n) is 11.8. The number of thioether (sulfide) groups is 1. The maximum absolute atomic E-state index is 12.6. The normalized spacial score (nSPS) is 10.8. The lowest BCUT2D eigenvalue weighted by molar-refractivity contribution is 0.0949. The molecule has 0 unspecified atom stereocenters. The molecule has 5 rings (SSSR count). The predicted molar refractivity (Wildman–Crippen MR) is 148 cm³/mol. The summed E-state index contributed by atoms with van der Waals surface area (Å²) in [6, 6.07) is 27.9. The van der Waals surface area contributed by atoms with Crippen molar-refractivity contribution < 1.29 is 9.53 Å². The zero-order valence-electron chi connectivity index (χ0n) is 20.2. The van der Waals surface area contributed by atoms with Crippen LogP contribution in [0.15, 0.2) is 95.5 Å². The summed E-state index contributed by atoms with van der Waals surface area (Å²) in [6.45, 7) is 0.567. The number of nitrogens with one attached hydrogen (secondary N) is 1. The first-order chi connectivity index (χ1) is 18.2. The van der Waals surface area contributed by atoms with Crippen molar-refractivity contribution >= 4 is 29.0 Å². The molecule has 0 aliphatic carbocycles. The number of thiazole rings is 1. The van der Waals surface area contributed by atoms with E-state index in [2.05, 4.69) is 32.6 Å². The molecule has 1 N–H and O–H groups in total. The van der Waals surface area contributed by atoms with Crippen LogP contribution in [0.4, 0.5) is 0 Å². The Morgan fingerprint density at radius 2 is 1.78 bits per heavy atom. The zero-order chi connectivity index (χ0) is 25.5.